The van der Waals surface area contributed by atoms with Gasteiger partial charge in [-0.1, -0.05) is 41.9 Å². The molecule has 6 nitrogen and oxygen atoms in total. The lowest BCUT2D eigenvalue weighted by molar-refractivity contribution is -0.383. The molecule has 0 aromatic heterocycles. The third-order valence-electron chi connectivity index (χ3n) is 3.56. The molecule has 0 unspecified atom stereocenters. The van der Waals surface area contributed by atoms with Crippen LogP contribution in [-0.2, 0) is 0 Å². The molecule has 7 heteroatoms. The van der Waals surface area contributed by atoms with Crippen molar-refractivity contribution >= 4 is 39.7 Å². The van der Waals surface area contributed by atoms with Gasteiger partial charge in [0, 0.05) is 11.5 Å². The number of nitrogens with zero attached hydrogens (tertiary/aromatic N) is 1. The number of carbonyl (C=O) groups is 1. The predicted molar refractivity (Wildman–Crippen MR) is 91.7 cm³/mol. The first kappa shape index (κ1) is 15.8. The van der Waals surface area contributed by atoms with Gasteiger partial charge in [-0.05, 0) is 18.2 Å². The number of anilines is 1. The Labute approximate surface area is 141 Å². The molecule has 0 spiro atoms. The second-order valence-electron chi connectivity index (χ2n) is 5.03. The van der Waals surface area contributed by atoms with E-state index in [1.807, 2.05) is 0 Å². The van der Waals surface area contributed by atoms with Crippen LogP contribution in [0.5, 0.6) is 5.75 Å². The fraction of sp³-hybridized carbons (Fsp3) is 0. The van der Waals surface area contributed by atoms with Gasteiger partial charge in [0.05, 0.1) is 26.6 Å². The molecule has 0 fully saturated rings. The average molecular weight is 343 g/mol. The number of fused-ring (bicyclic) bond motifs is 1. The number of nitrogens with one attached hydrogen (secondary N) is 1. The highest BCUT2D eigenvalue weighted by Gasteiger charge is 2.22. The van der Waals surface area contributed by atoms with E-state index >= 15 is 0 Å². The van der Waals surface area contributed by atoms with Crippen molar-refractivity contribution in [2.24, 2.45) is 0 Å². The zero-order valence-electron chi connectivity index (χ0n) is 12.2. The number of nitro groups is 1. The lowest BCUT2D eigenvalue weighted by Gasteiger charge is -2.10. The van der Waals surface area contributed by atoms with Gasteiger partial charge in [-0.25, -0.2) is 0 Å². The van der Waals surface area contributed by atoms with Crippen molar-refractivity contribution in [1.29, 1.82) is 0 Å². The summed E-state index contributed by atoms with van der Waals surface area (Å²) >= 11 is 5.99. The van der Waals surface area contributed by atoms with Gasteiger partial charge in [-0.3, -0.25) is 14.9 Å². The number of carbonyl (C=O) groups excluding carboxylic acids is 1. The van der Waals surface area contributed by atoms with Gasteiger partial charge in [-0.2, -0.15) is 0 Å². The van der Waals surface area contributed by atoms with E-state index in [4.69, 9.17) is 11.6 Å². The number of phenolic OH excluding ortho intramolecular Hbond substituents is 1. The number of halogens is 1. The highest BCUT2D eigenvalue weighted by Crippen LogP contribution is 2.36. The van der Waals surface area contributed by atoms with E-state index in [9.17, 15) is 20.0 Å². The monoisotopic (exact) mass is 342 g/mol. The van der Waals surface area contributed by atoms with Crippen LogP contribution in [0.2, 0.25) is 5.02 Å². The number of nitro benzene ring substituents is 1. The Morgan fingerprint density at radius 1 is 1.08 bits per heavy atom. The number of phenols is 1. The number of para-hydroxylation sites is 1. The molecule has 2 N–H and O–H groups in total. The number of hydrogen-bond donors (Lipinski definition) is 2. The molecule has 3 rings (SSSR count). The Morgan fingerprint density at radius 2 is 1.71 bits per heavy atom. The summed E-state index contributed by atoms with van der Waals surface area (Å²) in [6.45, 7) is 0. The standard InChI is InChI=1S/C17H11ClN2O4/c18-13-7-3-4-8-14(13)19-17(22)12-9-15(20(23)24)10-5-1-2-6-11(10)16(12)21/h1-9,21H,(H,19,22). The van der Waals surface area contributed by atoms with Crippen LogP contribution in [0.4, 0.5) is 11.4 Å². The summed E-state index contributed by atoms with van der Waals surface area (Å²) < 4.78 is 0. The molecule has 0 atom stereocenters. The van der Waals surface area contributed by atoms with Crippen molar-refractivity contribution in [3.63, 3.8) is 0 Å². The van der Waals surface area contributed by atoms with Gasteiger partial charge >= 0.3 is 0 Å². The van der Waals surface area contributed by atoms with Gasteiger partial charge < -0.3 is 10.4 Å². The molecule has 0 heterocycles. The molecule has 0 aliphatic heterocycles. The van der Waals surface area contributed by atoms with Crippen LogP contribution in [-0.4, -0.2) is 15.9 Å². The first-order chi connectivity index (χ1) is 11.5. The fourth-order valence-electron chi connectivity index (χ4n) is 2.42. The minimum Gasteiger partial charge on any atom is -0.506 e. The highest BCUT2D eigenvalue weighted by atomic mass is 35.5. The summed E-state index contributed by atoms with van der Waals surface area (Å²) in [5.41, 5.74) is -0.104. The van der Waals surface area contributed by atoms with E-state index in [-0.39, 0.29) is 27.8 Å². The number of benzene rings is 3. The zero-order valence-corrected chi connectivity index (χ0v) is 12.9. The summed E-state index contributed by atoms with van der Waals surface area (Å²) in [6, 6.07) is 13.9. The van der Waals surface area contributed by atoms with E-state index in [0.29, 0.717) is 10.7 Å². The maximum Gasteiger partial charge on any atom is 0.278 e. The minimum atomic E-state index is -0.686. The summed E-state index contributed by atoms with van der Waals surface area (Å²) in [7, 11) is 0. The number of rotatable bonds is 3. The van der Waals surface area contributed by atoms with Crippen molar-refractivity contribution in [1.82, 2.24) is 0 Å². The second kappa shape index (κ2) is 6.17. The van der Waals surface area contributed by atoms with E-state index in [2.05, 4.69) is 5.32 Å². The van der Waals surface area contributed by atoms with Crippen molar-refractivity contribution in [2.45, 2.75) is 0 Å². The van der Waals surface area contributed by atoms with Crippen LogP contribution in [0.25, 0.3) is 10.8 Å². The van der Waals surface area contributed by atoms with Gasteiger partial charge in [0.15, 0.2) is 0 Å². The molecule has 0 aliphatic rings. The number of non-ortho nitro benzene ring substituents is 1. The maximum absolute atomic E-state index is 12.5. The maximum atomic E-state index is 12.5. The van der Waals surface area contributed by atoms with Gasteiger partial charge in [0.25, 0.3) is 11.6 Å². The summed E-state index contributed by atoms with van der Waals surface area (Å²) in [6.07, 6.45) is 0. The third-order valence-corrected chi connectivity index (χ3v) is 3.89. The van der Waals surface area contributed by atoms with Gasteiger partial charge in [0.1, 0.15) is 5.75 Å². The molecule has 24 heavy (non-hydrogen) atoms. The van der Waals surface area contributed by atoms with E-state index in [1.54, 1.807) is 36.4 Å². The van der Waals surface area contributed by atoms with Gasteiger partial charge in [0.2, 0.25) is 0 Å². The third kappa shape index (κ3) is 2.75. The smallest absolute Gasteiger partial charge is 0.278 e. The SMILES string of the molecule is O=C(Nc1ccccc1Cl)c1cc([N+](=O)[O-])c2ccccc2c1O. The molecule has 0 aliphatic carbocycles. The average Bonchev–Trinajstić information content (AvgIpc) is 2.57. The number of amides is 1. The summed E-state index contributed by atoms with van der Waals surface area (Å²) in [5.74, 6) is -1.00. The Morgan fingerprint density at radius 3 is 2.38 bits per heavy atom. The Hall–Kier alpha value is -3.12. The first-order valence-electron chi connectivity index (χ1n) is 6.94. The lowest BCUT2D eigenvalue weighted by atomic mass is 10.0. The van der Waals surface area contributed by atoms with Crippen LogP contribution in [0.15, 0.2) is 54.6 Å². The molecule has 0 bridgehead atoms. The Bertz CT molecular complexity index is 972. The molecule has 0 radical (unpaired) electrons. The molecule has 0 saturated heterocycles. The fourth-order valence-corrected chi connectivity index (χ4v) is 2.60. The number of aromatic hydroxyl groups is 1. The minimum absolute atomic E-state index is 0.194. The zero-order chi connectivity index (χ0) is 17.3. The largest absolute Gasteiger partial charge is 0.506 e. The van der Waals surface area contributed by atoms with Gasteiger partial charge in [-0.15, -0.1) is 0 Å². The van der Waals surface area contributed by atoms with Crippen molar-refractivity contribution in [2.75, 3.05) is 5.32 Å². The van der Waals surface area contributed by atoms with Crippen molar-refractivity contribution < 1.29 is 14.8 Å². The Kier molecular flexibility index (Phi) is 4.05. The topological polar surface area (TPSA) is 92.5 Å². The van der Waals surface area contributed by atoms with Crippen molar-refractivity contribution in [3.8, 4) is 5.75 Å². The molecule has 1 amide bonds. The second-order valence-corrected chi connectivity index (χ2v) is 5.44. The van der Waals surface area contributed by atoms with E-state index < -0.39 is 10.8 Å². The van der Waals surface area contributed by atoms with Crippen LogP contribution < -0.4 is 5.32 Å². The molecule has 3 aromatic carbocycles. The van der Waals surface area contributed by atoms with Crippen LogP contribution in [0.3, 0.4) is 0 Å². The number of hydrogen-bond acceptors (Lipinski definition) is 4. The van der Waals surface area contributed by atoms with Crippen LogP contribution >= 0.6 is 11.6 Å². The summed E-state index contributed by atoms with van der Waals surface area (Å²) in [4.78, 5) is 23.1. The van der Waals surface area contributed by atoms with Crippen molar-refractivity contribution in [3.05, 3.63) is 75.3 Å². The lowest BCUT2D eigenvalue weighted by Crippen LogP contribution is -2.13. The first-order valence-corrected chi connectivity index (χ1v) is 7.32. The Balaban J connectivity index is 2.12. The molecular weight excluding hydrogens is 332 g/mol. The summed E-state index contributed by atoms with van der Waals surface area (Å²) in [5, 5.41) is 25.0. The highest BCUT2D eigenvalue weighted by molar-refractivity contribution is 6.34. The van der Waals surface area contributed by atoms with Crippen LogP contribution in [0.1, 0.15) is 10.4 Å². The molecule has 3 aromatic rings. The quantitative estimate of drug-likeness (QED) is 0.546. The molecule has 0 saturated carbocycles. The van der Waals surface area contributed by atoms with E-state index in [0.717, 1.165) is 6.07 Å². The van der Waals surface area contributed by atoms with Crippen LogP contribution in [0, 0.1) is 10.1 Å². The molecular formula is C17H11ClN2O4. The molecule has 120 valence electrons. The normalized spacial score (nSPS) is 10.5. The van der Waals surface area contributed by atoms with E-state index in [1.165, 1.54) is 12.1 Å². The predicted octanol–water partition coefficient (Wildman–Crippen LogP) is 4.36.